The van der Waals surface area contributed by atoms with E-state index in [0.717, 1.165) is 16.6 Å². The molecule has 36 heavy (non-hydrogen) atoms. The molecule has 4 heterocycles. The van der Waals surface area contributed by atoms with Gasteiger partial charge in [0.25, 0.3) is 5.56 Å². The van der Waals surface area contributed by atoms with Crippen LogP contribution >= 0.6 is 11.6 Å². The first-order valence-corrected chi connectivity index (χ1v) is 11.1. The van der Waals surface area contributed by atoms with Crippen LogP contribution in [0.4, 0.5) is 0 Å². The van der Waals surface area contributed by atoms with Crippen LogP contribution in [0.25, 0.3) is 22.4 Å². The lowest BCUT2D eigenvalue weighted by Crippen LogP contribution is -2.23. The van der Waals surface area contributed by atoms with E-state index < -0.39 is 5.56 Å². The van der Waals surface area contributed by atoms with Crippen molar-refractivity contribution in [3.63, 3.8) is 0 Å². The number of H-pyrrole nitrogens is 1. The van der Waals surface area contributed by atoms with Gasteiger partial charge >= 0.3 is 0 Å². The van der Waals surface area contributed by atoms with Gasteiger partial charge in [-0.2, -0.15) is 10.2 Å². The second kappa shape index (κ2) is 9.48. The van der Waals surface area contributed by atoms with E-state index in [1.54, 1.807) is 25.5 Å². The maximum atomic E-state index is 13.3. The Bertz CT molecular complexity index is 1700. The maximum Gasteiger partial charge on any atom is 0.296 e. The number of ether oxygens (including phenoxy) is 2. The molecule has 10 nitrogen and oxygen atoms in total. The lowest BCUT2D eigenvalue weighted by atomic mass is 10.1. The summed E-state index contributed by atoms with van der Waals surface area (Å²) < 4.78 is 12.7. The Morgan fingerprint density at radius 3 is 2.86 bits per heavy atom. The first-order chi connectivity index (χ1) is 17.5. The van der Waals surface area contributed by atoms with Crippen molar-refractivity contribution in [3.8, 4) is 34.8 Å². The van der Waals surface area contributed by atoms with Crippen LogP contribution in [0.2, 0.25) is 5.02 Å². The fourth-order valence-corrected chi connectivity index (χ4v) is 3.96. The minimum atomic E-state index is -0.421. The largest absolute Gasteiger partial charge is 0.481 e. The van der Waals surface area contributed by atoms with E-state index in [1.165, 1.54) is 36.2 Å². The van der Waals surface area contributed by atoms with Gasteiger partial charge in [-0.25, -0.2) is 15.0 Å². The Balaban J connectivity index is 1.48. The molecular formula is C25H18ClN7O3. The van der Waals surface area contributed by atoms with Gasteiger partial charge in [-0.05, 0) is 37.3 Å². The van der Waals surface area contributed by atoms with Gasteiger partial charge < -0.3 is 14.5 Å². The fraction of sp³-hybridized carbons (Fsp3) is 0.120. The molecule has 0 aliphatic rings. The molecule has 178 valence electrons. The average molecular weight is 500 g/mol. The number of aryl methyl sites for hydroxylation is 1. The Morgan fingerprint density at radius 2 is 2.06 bits per heavy atom. The summed E-state index contributed by atoms with van der Waals surface area (Å²) in [5.41, 5.74) is 2.39. The number of methoxy groups -OCH3 is 1. The van der Waals surface area contributed by atoms with Crippen LogP contribution in [0, 0.1) is 18.3 Å². The van der Waals surface area contributed by atoms with Crippen LogP contribution in [-0.4, -0.2) is 36.6 Å². The molecule has 0 bridgehead atoms. The Labute approximate surface area is 209 Å². The lowest BCUT2D eigenvalue weighted by Gasteiger charge is -2.13. The zero-order chi connectivity index (χ0) is 25.2. The third-order valence-corrected chi connectivity index (χ3v) is 5.67. The van der Waals surface area contributed by atoms with Crippen molar-refractivity contribution >= 4 is 22.6 Å². The second-order valence-corrected chi connectivity index (χ2v) is 8.24. The summed E-state index contributed by atoms with van der Waals surface area (Å²) >= 11 is 6.07. The topological polar surface area (TPSA) is 132 Å². The normalized spacial score (nSPS) is 10.8. The SMILES string of the molecule is COc1nc(-c2ccnc3[nH]ccc23)ncc1Cn1cnc(C)c(Oc2cc(Cl)cc(C#N)c2)c1=O. The summed E-state index contributed by atoms with van der Waals surface area (Å²) in [5, 5.41) is 10.4. The van der Waals surface area contributed by atoms with Gasteiger partial charge in [-0.1, -0.05) is 11.6 Å². The van der Waals surface area contributed by atoms with E-state index in [4.69, 9.17) is 21.1 Å². The number of pyridine rings is 1. The van der Waals surface area contributed by atoms with Crippen LogP contribution in [0.5, 0.6) is 17.4 Å². The Hall–Kier alpha value is -4.75. The molecule has 0 unspecified atom stereocenters. The summed E-state index contributed by atoms with van der Waals surface area (Å²) in [4.78, 5) is 34.0. The van der Waals surface area contributed by atoms with Gasteiger partial charge in [0.2, 0.25) is 11.6 Å². The van der Waals surface area contributed by atoms with E-state index in [1.807, 2.05) is 18.2 Å². The van der Waals surface area contributed by atoms with Gasteiger partial charge in [0.1, 0.15) is 11.4 Å². The van der Waals surface area contributed by atoms with Crippen molar-refractivity contribution in [3.05, 3.63) is 87.4 Å². The number of nitrogens with zero attached hydrogens (tertiary/aromatic N) is 6. The zero-order valence-corrected chi connectivity index (χ0v) is 19.9. The van der Waals surface area contributed by atoms with Crippen LogP contribution in [0.3, 0.4) is 0 Å². The fourth-order valence-electron chi connectivity index (χ4n) is 3.73. The maximum absolute atomic E-state index is 13.3. The highest BCUT2D eigenvalue weighted by atomic mass is 35.5. The molecule has 1 N–H and O–H groups in total. The summed E-state index contributed by atoms with van der Waals surface area (Å²) in [6, 6.07) is 10.3. The molecule has 5 aromatic rings. The van der Waals surface area contributed by atoms with E-state index in [9.17, 15) is 10.1 Å². The molecule has 5 rings (SSSR count). The molecule has 0 spiro atoms. The monoisotopic (exact) mass is 499 g/mol. The summed E-state index contributed by atoms with van der Waals surface area (Å²) in [5.74, 6) is 1.07. The smallest absolute Gasteiger partial charge is 0.296 e. The summed E-state index contributed by atoms with van der Waals surface area (Å²) in [7, 11) is 1.50. The third-order valence-electron chi connectivity index (χ3n) is 5.45. The van der Waals surface area contributed by atoms with Crippen molar-refractivity contribution in [2.45, 2.75) is 13.5 Å². The Morgan fingerprint density at radius 1 is 1.19 bits per heavy atom. The first-order valence-electron chi connectivity index (χ1n) is 10.7. The van der Waals surface area contributed by atoms with E-state index in [2.05, 4.69) is 24.9 Å². The van der Waals surface area contributed by atoms with Crippen LogP contribution in [0.15, 0.2) is 60.0 Å². The third kappa shape index (κ3) is 4.35. The summed E-state index contributed by atoms with van der Waals surface area (Å²) in [6.07, 6.45) is 6.51. The molecule has 0 aliphatic carbocycles. The van der Waals surface area contributed by atoms with E-state index >= 15 is 0 Å². The predicted octanol–water partition coefficient (Wildman–Crippen LogP) is 4.26. The number of nitrogens with one attached hydrogen (secondary N) is 1. The number of nitriles is 1. The van der Waals surface area contributed by atoms with Crippen molar-refractivity contribution < 1.29 is 9.47 Å². The number of aromatic nitrogens is 6. The number of benzene rings is 1. The molecule has 0 aliphatic heterocycles. The van der Waals surface area contributed by atoms with Crippen molar-refractivity contribution in [1.82, 2.24) is 29.5 Å². The van der Waals surface area contributed by atoms with Crippen molar-refractivity contribution in [2.24, 2.45) is 0 Å². The highest BCUT2D eigenvalue weighted by molar-refractivity contribution is 6.30. The van der Waals surface area contributed by atoms with Crippen molar-refractivity contribution in [2.75, 3.05) is 7.11 Å². The number of fused-ring (bicyclic) bond motifs is 1. The molecule has 0 radical (unpaired) electrons. The molecule has 0 saturated carbocycles. The van der Waals surface area contributed by atoms with Gasteiger partial charge in [0.15, 0.2) is 5.82 Å². The molecule has 1 aromatic carbocycles. The van der Waals surface area contributed by atoms with Crippen LogP contribution in [0.1, 0.15) is 16.8 Å². The first kappa shape index (κ1) is 23.0. The molecule has 0 atom stereocenters. The molecule has 4 aromatic heterocycles. The minimum absolute atomic E-state index is 0.0202. The molecular weight excluding hydrogens is 482 g/mol. The second-order valence-electron chi connectivity index (χ2n) is 7.81. The number of aromatic amines is 1. The number of hydrogen-bond acceptors (Lipinski definition) is 8. The summed E-state index contributed by atoms with van der Waals surface area (Å²) in [6.45, 7) is 1.76. The number of halogens is 1. The van der Waals surface area contributed by atoms with Crippen LogP contribution in [-0.2, 0) is 6.54 Å². The molecule has 0 saturated heterocycles. The molecule has 0 fully saturated rings. The Kier molecular flexibility index (Phi) is 6.06. The predicted molar refractivity (Wildman–Crippen MR) is 132 cm³/mol. The highest BCUT2D eigenvalue weighted by Gasteiger charge is 2.17. The van der Waals surface area contributed by atoms with Gasteiger partial charge in [0.05, 0.1) is 42.9 Å². The van der Waals surface area contributed by atoms with Crippen LogP contribution < -0.4 is 15.0 Å². The molecule has 0 amide bonds. The quantitative estimate of drug-likeness (QED) is 0.366. The average Bonchev–Trinajstić information content (AvgIpc) is 3.37. The van der Waals surface area contributed by atoms with E-state index in [-0.39, 0.29) is 18.0 Å². The lowest BCUT2D eigenvalue weighted by molar-refractivity contribution is 0.389. The van der Waals surface area contributed by atoms with E-state index in [0.29, 0.717) is 33.5 Å². The van der Waals surface area contributed by atoms with Gasteiger partial charge in [-0.15, -0.1) is 0 Å². The number of rotatable bonds is 6. The number of hydrogen-bond donors (Lipinski definition) is 1. The van der Waals surface area contributed by atoms with Gasteiger partial charge in [-0.3, -0.25) is 9.36 Å². The zero-order valence-electron chi connectivity index (χ0n) is 19.2. The minimum Gasteiger partial charge on any atom is -0.481 e. The van der Waals surface area contributed by atoms with Crippen molar-refractivity contribution in [1.29, 1.82) is 5.26 Å². The van der Waals surface area contributed by atoms with Gasteiger partial charge in [0, 0.05) is 34.6 Å². The highest BCUT2D eigenvalue weighted by Crippen LogP contribution is 2.28. The molecule has 11 heteroatoms. The standard InChI is InChI=1S/C25H18ClN7O3/c1-14-21(36-18-8-15(10-27)7-17(26)9-18)25(34)33(13-31-14)12-16-11-30-23(32-24(16)35-2)20-4-6-29-22-19(20)3-5-28-22/h3-9,11,13H,12H2,1-2H3,(H,28,29).